The Kier molecular flexibility index (Phi) is 4.28. The van der Waals surface area contributed by atoms with Gasteiger partial charge in [0.1, 0.15) is 0 Å². The number of carbonyl (C=O) groups excluding carboxylic acids is 1. The van der Waals surface area contributed by atoms with E-state index >= 15 is 0 Å². The first-order valence-electron chi connectivity index (χ1n) is 6.09. The second-order valence-corrected chi connectivity index (χ2v) is 5.38. The molecule has 5 nitrogen and oxygen atoms in total. The number of nitrogens with two attached hydrogens (primary N) is 1. The third-order valence-corrected chi connectivity index (χ3v) is 3.65. The lowest BCUT2D eigenvalue weighted by Gasteiger charge is -2.09. The van der Waals surface area contributed by atoms with Crippen molar-refractivity contribution in [3.8, 4) is 0 Å². The third-order valence-electron chi connectivity index (χ3n) is 2.96. The van der Waals surface area contributed by atoms with Gasteiger partial charge in [0.05, 0.1) is 11.1 Å². The molecule has 1 amide bonds. The van der Waals surface area contributed by atoms with Crippen LogP contribution in [0, 0.1) is 6.92 Å². The van der Waals surface area contributed by atoms with Gasteiger partial charge in [0.2, 0.25) is 0 Å². The van der Waals surface area contributed by atoms with E-state index in [0.717, 1.165) is 0 Å². The Morgan fingerprint density at radius 1 is 1.14 bits per heavy atom. The second-order valence-electron chi connectivity index (χ2n) is 4.53. The number of amides is 1. The predicted molar refractivity (Wildman–Crippen MR) is 84.6 cm³/mol. The number of aryl methyl sites for hydroxylation is 1. The number of hydrogen-bond acceptors (Lipinski definition) is 3. The highest BCUT2D eigenvalue weighted by Gasteiger charge is 2.13. The van der Waals surface area contributed by atoms with Crippen LogP contribution in [0.3, 0.4) is 0 Å². The van der Waals surface area contributed by atoms with Crippen molar-refractivity contribution >= 4 is 39.2 Å². The summed E-state index contributed by atoms with van der Waals surface area (Å²) in [6.45, 7) is 1.70. The number of carboxylic acid groups (broad SMARTS) is 1. The summed E-state index contributed by atoms with van der Waals surface area (Å²) in [5.74, 6) is -1.40. The summed E-state index contributed by atoms with van der Waals surface area (Å²) >= 11 is 3.28. The molecule has 0 unspecified atom stereocenters. The average molecular weight is 349 g/mol. The zero-order chi connectivity index (χ0) is 15.6. The molecule has 0 fully saturated rings. The largest absolute Gasteiger partial charge is 0.478 e. The van der Waals surface area contributed by atoms with Crippen LogP contribution in [0.1, 0.15) is 26.3 Å². The van der Waals surface area contributed by atoms with Gasteiger partial charge in [0.15, 0.2) is 0 Å². The topological polar surface area (TPSA) is 92.4 Å². The summed E-state index contributed by atoms with van der Waals surface area (Å²) in [5.41, 5.74) is 7.71. The van der Waals surface area contributed by atoms with Crippen LogP contribution in [0.25, 0.3) is 0 Å². The summed E-state index contributed by atoms with van der Waals surface area (Å²) in [4.78, 5) is 23.3. The van der Waals surface area contributed by atoms with E-state index in [2.05, 4.69) is 21.2 Å². The van der Waals surface area contributed by atoms with Crippen LogP contribution >= 0.6 is 15.9 Å². The van der Waals surface area contributed by atoms with E-state index in [1.54, 1.807) is 37.3 Å². The highest BCUT2D eigenvalue weighted by molar-refractivity contribution is 9.10. The fraction of sp³-hybridized carbons (Fsp3) is 0.0667. The van der Waals surface area contributed by atoms with Gasteiger partial charge in [0, 0.05) is 15.8 Å². The molecule has 0 spiro atoms. The van der Waals surface area contributed by atoms with Crippen molar-refractivity contribution in [2.24, 2.45) is 0 Å². The SMILES string of the molecule is Cc1ccc(NC(=O)c2cc(N)ccc2Br)cc1C(=O)O. The summed E-state index contributed by atoms with van der Waals surface area (Å²) in [5, 5.41) is 11.7. The van der Waals surface area contributed by atoms with Crippen LogP contribution in [-0.2, 0) is 0 Å². The smallest absolute Gasteiger partial charge is 0.336 e. The zero-order valence-corrected chi connectivity index (χ0v) is 12.8. The van der Waals surface area contributed by atoms with Gasteiger partial charge in [-0.05, 0) is 58.7 Å². The Balaban J connectivity index is 2.29. The highest BCUT2D eigenvalue weighted by Crippen LogP contribution is 2.22. The molecule has 0 atom stereocenters. The van der Waals surface area contributed by atoms with E-state index in [1.165, 1.54) is 6.07 Å². The first-order valence-corrected chi connectivity index (χ1v) is 6.88. The third kappa shape index (κ3) is 3.41. The maximum atomic E-state index is 12.2. The first-order chi connectivity index (χ1) is 9.88. The summed E-state index contributed by atoms with van der Waals surface area (Å²) < 4.78 is 0.611. The predicted octanol–water partition coefficient (Wildman–Crippen LogP) is 3.29. The zero-order valence-electron chi connectivity index (χ0n) is 11.2. The van der Waals surface area contributed by atoms with Crippen molar-refractivity contribution < 1.29 is 14.7 Å². The Morgan fingerprint density at radius 2 is 1.86 bits per heavy atom. The van der Waals surface area contributed by atoms with Gasteiger partial charge >= 0.3 is 5.97 Å². The molecule has 0 saturated heterocycles. The number of carbonyl (C=O) groups is 2. The van der Waals surface area contributed by atoms with Crippen molar-refractivity contribution in [3.63, 3.8) is 0 Å². The Hall–Kier alpha value is -2.34. The van der Waals surface area contributed by atoms with Crippen molar-refractivity contribution in [3.05, 3.63) is 57.6 Å². The fourth-order valence-electron chi connectivity index (χ4n) is 1.85. The van der Waals surface area contributed by atoms with E-state index < -0.39 is 5.97 Å². The standard InChI is InChI=1S/C15H13BrN2O3/c1-8-2-4-10(7-11(8)15(20)21)18-14(19)12-6-9(17)3-5-13(12)16/h2-7H,17H2,1H3,(H,18,19)(H,20,21). The van der Waals surface area contributed by atoms with Gasteiger partial charge in [-0.2, -0.15) is 0 Å². The number of anilines is 2. The molecule has 0 aliphatic heterocycles. The van der Waals surface area contributed by atoms with Crippen molar-refractivity contribution in [1.29, 1.82) is 0 Å². The molecule has 2 rings (SSSR count). The van der Waals surface area contributed by atoms with Gasteiger partial charge in [0.25, 0.3) is 5.91 Å². The number of benzene rings is 2. The van der Waals surface area contributed by atoms with Crippen molar-refractivity contribution in [2.75, 3.05) is 11.1 Å². The number of halogens is 1. The number of nitrogen functional groups attached to an aromatic ring is 1. The molecule has 0 bridgehead atoms. The van der Waals surface area contributed by atoms with E-state index in [4.69, 9.17) is 10.8 Å². The Bertz CT molecular complexity index is 729. The molecule has 0 radical (unpaired) electrons. The van der Waals surface area contributed by atoms with Crippen LogP contribution < -0.4 is 11.1 Å². The van der Waals surface area contributed by atoms with E-state index in [-0.39, 0.29) is 11.5 Å². The quantitative estimate of drug-likeness (QED) is 0.742. The molecule has 0 saturated carbocycles. The first kappa shape index (κ1) is 15.1. The van der Waals surface area contributed by atoms with Crippen LogP contribution in [-0.4, -0.2) is 17.0 Å². The monoisotopic (exact) mass is 348 g/mol. The lowest BCUT2D eigenvalue weighted by Crippen LogP contribution is -2.13. The average Bonchev–Trinajstić information content (AvgIpc) is 2.43. The molecular formula is C15H13BrN2O3. The number of rotatable bonds is 3. The molecule has 2 aromatic carbocycles. The highest BCUT2D eigenvalue weighted by atomic mass is 79.9. The number of hydrogen-bond donors (Lipinski definition) is 3. The van der Waals surface area contributed by atoms with Gasteiger partial charge < -0.3 is 16.2 Å². The van der Waals surface area contributed by atoms with E-state index in [1.807, 2.05) is 0 Å². The van der Waals surface area contributed by atoms with Gasteiger partial charge in [-0.3, -0.25) is 4.79 Å². The van der Waals surface area contributed by atoms with Crippen LogP contribution in [0.5, 0.6) is 0 Å². The second kappa shape index (κ2) is 5.97. The number of aromatic carboxylic acids is 1. The number of nitrogens with one attached hydrogen (secondary N) is 1. The Labute approximate surface area is 129 Å². The summed E-state index contributed by atoms with van der Waals surface area (Å²) in [7, 11) is 0. The lowest BCUT2D eigenvalue weighted by molar-refractivity contribution is 0.0695. The molecular weight excluding hydrogens is 336 g/mol. The maximum absolute atomic E-state index is 12.2. The minimum atomic E-state index is -1.03. The fourth-order valence-corrected chi connectivity index (χ4v) is 2.27. The molecule has 0 aliphatic rings. The van der Waals surface area contributed by atoms with Gasteiger partial charge in [-0.1, -0.05) is 6.07 Å². The minimum Gasteiger partial charge on any atom is -0.478 e. The molecule has 108 valence electrons. The molecule has 0 aromatic heterocycles. The normalized spacial score (nSPS) is 10.2. The lowest BCUT2D eigenvalue weighted by atomic mass is 10.1. The van der Waals surface area contributed by atoms with Crippen molar-refractivity contribution in [2.45, 2.75) is 6.92 Å². The summed E-state index contributed by atoms with van der Waals surface area (Å²) in [6, 6.07) is 9.63. The Morgan fingerprint density at radius 3 is 2.52 bits per heavy atom. The molecule has 0 heterocycles. The van der Waals surface area contributed by atoms with Crippen molar-refractivity contribution in [1.82, 2.24) is 0 Å². The van der Waals surface area contributed by atoms with Crippen LogP contribution in [0.2, 0.25) is 0 Å². The molecule has 0 aliphatic carbocycles. The van der Waals surface area contributed by atoms with E-state index in [9.17, 15) is 9.59 Å². The molecule has 2 aromatic rings. The van der Waals surface area contributed by atoms with Crippen LogP contribution in [0.15, 0.2) is 40.9 Å². The van der Waals surface area contributed by atoms with Gasteiger partial charge in [-0.25, -0.2) is 4.79 Å². The maximum Gasteiger partial charge on any atom is 0.336 e. The number of carboxylic acids is 1. The summed E-state index contributed by atoms with van der Waals surface area (Å²) in [6.07, 6.45) is 0. The molecule has 6 heteroatoms. The molecule has 21 heavy (non-hydrogen) atoms. The van der Waals surface area contributed by atoms with Gasteiger partial charge in [-0.15, -0.1) is 0 Å². The van der Waals surface area contributed by atoms with Crippen LogP contribution in [0.4, 0.5) is 11.4 Å². The molecule has 4 N–H and O–H groups in total. The minimum absolute atomic E-state index is 0.152. The van der Waals surface area contributed by atoms with E-state index in [0.29, 0.717) is 27.0 Å².